The standard InChI is InChI=1S/C30H28FN3O2/c31-27-17-23(22-4-2-1-3-5-22)8-9-25(27)30(36)34-29-26-16-21(6-7-24(26)18-28(29)35)19-33-15-12-20-10-13-32-14-11-20/h1-11,13-14,16-17,28-29,33,35H,12,15,18-19H2,(H,34,36)/t28-,29-/m1/s1. The van der Waals surface area contributed by atoms with Gasteiger partial charge in [0.1, 0.15) is 5.82 Å². The number of benzene rings is 3. The normalized spacial score (nSPS) is 16.5. The third kappa shape index (κ3) is 5.35. The number of hydrogen-bond acceptors (Lipinski definition) is 4. The van der Waals surface area contributed by atoms with Gasteiger partial charge in [0.05, 0.1) is 17.7 Å². The third-order valence-electron chi connectivity index (χ3n) is 6.64. The number of amides is 1. The van der Waals surface area contributed by atoms with Gasteiger partial charge in [-0.25, -0.2) is 4.39 Å². The van der Waals surface area contributed by atoms with Crippen molar-refractivity contribution in [3.05, 3.63) is 125 Å². The van der Waals surface area contributed by atoms with Gasteiger partial charge in [-0.3, -0.25) is 9.78 Å². The zero-order valence-corrected chi connectivity index (χ0v) is 19.8. The molecule has 0 radical (unpaired) electrons. The molecule has 1 aliphatic carbocycles. The Morgan fingerprint density at radius 2 is 1.75 bits per heavy atom. The lowest BCUT2D eigenvalue weighted by Crippen LogP contribution is -2.34. The van der Waals surface area contributed by atoms with Crippen LogP contribution in [0.4, 0.5) is 4.39 Å². The number of rotatable bonds is 8. The van der Waals surface area contributed by atoms with E-state index in [9.17, 15) is 14.3 Å². The lowest BCUT2D eigenvalue weighted by Gasteiger charge is -2.19. The van der Waals surface area contributed by atoms with Gasteiger partial charge in [0.15, 0.2) is 0 Å². The van der Waals surface area contributed by atoms with Crippen LogP contribution in [0, 0.1) is 5.82 Å². The van der Waals surface area contributed by atoms with Crippen molar-refractivity contribution in [2.45, 2.75) is 31.5 Å². The number of carbonyl (C=O) groups is 1. The van der Waals surface area contributed by atoms with Crippen molar-refractivity contribution in [1.29, 1.82) is 0 Å². The molecule has 0 fully saturated rings. The van der Waals surface area contributed by atoms with Crippen LogP contribution >= 0.6 is 0 Å². The molecule has 182 valence electrons. The summed E-state index contributed by atoms with van der Waals surface area (Å²) in [6, 6.07) is 23.6. The lowest BCUT2D eigenvalue weighted by atomic mass is 10.0. The van der Waals surface area contributed by atoms with Crippen LogP contribution in [0.2, 0.25) is 0 Å². The summed E-state index contributed by atoms with van der Waals surface area (Å²) >= 11 is 0. The van der Waals surface area contributed by atoms with Gasteiger partial charge < -0.3 is 15.7 Å². The van der Waals surface area contributed by atoms with Crippen LogP contribution < -0.4 is 10.6 Å². The second kappa shape index (κ2) is 10.8. The summed E-state index contributed by atoms with van der Waals surface area (Å²) in [5.74, 6) is -1.13. The van der Waals surface area contributed by atoms with Gasteiger partial charge in [-0.1, -0.05) is 54.6 Å². The number of halogens is 1. The molecule has 5 nitrogen and oxygen atoms in total. The van der Waals surface area contributed by atoms with E-state index in [1.165, 1.54) is 17.7 Å². The van der Waals surface area contributed by atoms with E-state index in [1.807, 2.05) is 60.7 Å². The van der Waals surface area contributed by atoms with E-state index in [0.29, 0.717) is 18.5 Å². The zero-order chi connectivity index (χ0) is 24.9. The number of nitrogens with one attached hydrogen (secondary N) is 2. The van der Waals surface area contributed by atoms with Crippen LogP contribution in [-0.4, -0.2) is 28.6 Å². The smallest absolute Gasteiger partial charge is 0.254 e. The second-order valence-corrected chi connectivity index (χ2v) is 9.10. The van der Waals surface area contributed by atoms with Crippen LogP contribution in [0.15, 0.2) is 91.3 Å². The quantitative estimate of drug-likeness (QED) is 0.322. The maximum Gasteiger partial charge on any atom is 0.254 e. The molecule has 5 rings (SSSR count). The molecule has 0 spiro atoms. The molecule has 6 heteroatoms. The van der Waals surface area contributed by atoms with Gasteiger partial charge in [-0.15, -0.1) is 0 Å². The van der Waals surface area contributed by atoms with Crippen LogP contribution in [0.1, 0.15) is 38.7 Å². The van der Waals surface area contributed by atoms with E-state index in [1.54, 1.807) is 18.5 Å². The summed E-state index contributed by atoms with van der Waals surface area (Å²) in [6.45, 7) is 1.49. The molecule has 1 amide bonds. The highest BCUT2D eigenvalue weighted by Crippen LogP contribution is 2.33. The Labute approximate surface area is 210 Å². The van der Waals surface area contributed by atoms with E-state index in [-0.39, 0.29) is 5.56 Å². The summed E-state index contributed by atoms with van der Waals surface area (Å²) in [4.78, 5) is 17.0. The van der Waals surface area contributed by atoms with E-state index in [0.717, 1.165) is 35.2 Å². The monoisotopic (exact) mass is 481 g/mol. The van der Waals surface area contributed by atoms with Crippen LogP contribution in [-0.2, 0) is 19.4 Å². The van der Waals surface area contributed by atoms with Gasteiger partial charge in [0.2, 0.25) is 0 Å². The Balaban J connectivity index is 1.25. The largest absolute Gasteiger partial charge is 0.390 e. The first-order chi connectivity index (χ1) is 17.6. The number of carbonyl (C=O) groups excluding carboxylic acids is 1. The van der Waals surface area contributed by atoms with Crippen molar-refractivity contribution >= 4 is 5.91 Å². The van der Waals surface area contributed by atoms with Crippen molar-refractivity contribution in [3.8, 4) is 11.1 Å². The van der Waals surface area contributed by atoms with Gasteiger partial charge in [-0.2, -0.15) is 0 Å². The van der Waals surface area contributed by atoms with Gasteiger partial charge in [-0.05, 0) is 70.6 Å². The van der Waals surface area contributed by atoms with Crippen molar-refractivity contribution < 1.29 is 14.3 Å². The Morgan fingerprint density at radius 1 is 0.944 bits per heavy atom. The molecule has 3 aromatic carbocycles. The number of hydrogen-bond donors (Lipinski definition) is 3. The molecular formula is C30H28FN3O2. The predicted molar refractivity (Wildman–Crippen MR) is 138 cm³/mol. The molecule has 36 heavy (non-hydrogen) atoms. The molecule has 1 aromatic heterocycles. The molecule has 0 bridgehead atoms. The summed E-state index contributed by atoms with van der Waals surface area (Å²) in [5, 5.41) is 17.0. The second-order valence-electron chi connectivity index (χ2n) is 9.10. The highest BCUT2D eigenvalue weighted by molar-refractivity contribution is 5.95. The molecule has 1 aliphatic rings. The van der Waals surface area contributed by atoms with Crippen LogP contribution in [0.5, 0.6) is 0 Å². The summed E-state index contributed by atoms with van der Waals surface area (Å²) in [5.41, 5.74) is 5.71. The summed E-state index contributed by atoms with van der Waals surface area (Å²) in [7, 11) is 0. The third-order valence-corrected chi connectivity index (χ3v) is 6.64. The highest BCUT2D eigenvalue weighted by atomic mass is 19.1. The maximum absolute atomic E-state index is 14.9. The topological polar surface area (TPSA) is 74.2 Å². The van der Waals surface area contributed by atoms with Crippen molar-refractivity contribution in [1.82, 2.24) is 15.6 Å². The number of pyridine rings is 1. The van der Waals surface area contributed by atoms with E-state index in [2.05, 4.69) is 15.6 Å². The SMILES string of the molecule is O=C(N[C@@H]1c2cc(CNCCc3ccncc3)ccc2C[C@H]1O)c1ccc(-c2ccccc2)cc1F. The first-order valence-electron chi connectivity index (χ1n) is 12.1. The Bertz CT molecular complexity index is 1350. The number of fused-ring (bicyclic) bond motifs is 1. The number of aliphatic hydroxyl groups is 1. The minimum absolute atomic E-state index is 0.0377. The summed E-state index contributed by atoms with van der Waals surface area (Å²) < 4.78 is 14.9. The van der Waals surface area contributed by atoms with Gasteiger partial charge in [0.25, 0.3) is 5.91 Å². The van der Waals surface area contributed by atoms with Gasteiger partial charge in [0, 0.05) is 25.4 Å². The van der Waals surface area contributed by atoms with E-state index >= 15 is 0 Å². The maximum atomic E-state index is 14.9. The molecule has 0 saturated carbocycles. The average Bonchev–Trinajstić information content (AvgIpc) is 3.21. The molecule has 4 aromatic rings. The highest BCUT2D eigenvalue weighted by Gasteiger charge is 2.33. The van der Waals surface area contributed by atoms with E-state index in [4.69, 9.17) is 0 Å². The molecule has 0 unspecified atom stereocenters. The first kappa shape index (κ1) is 23.9. The number of aliphatic hydroxyl groups excluding tert-OH is 1. The van der Waals surface area contributed by atoms with Gasteiger partial charge >= 0.3 is 0 Å². The molecule has 0 saturated heterocycles. The molecule has 1 heterocycles. The van der Waals surface area contributed by atoms with Crippen molar-refractivity contribution in [2.24, 2.45) is 0 Å². The Morgan fingerprint density at radius 3 is 2.53 bits per heavy atom. The fraction of sp³-hybridized carbons (Fsp3) is 0.200. The summed E-state index contributed by atoms with van der Waals surface area (Å²) in [6.07, 6.45) is 4.17. The fourth-order valence-electron chi connectivity index (χ4n) is 4.70. The first-order valence-corrected chi connectivity index (χ1v) is 12.1. The van der Waals surface area contributed by atoms with Crippen molar-refractivity contribution in [2.75, 3.05) is 6.54 Å². The minimum atomic E-state index is -0.759. The number of aromatic nitrogens is 1. The van der Waals surface area contributed by atoms with Crippen molar-refractivity contribution in [3.63, 3.8) is 0 Å². The minimum Gasteiger partial charge on any atom is -0.390 e. The van der Waals surface area contributed by atoms with E-state index < -0.39 is 23.9 Å². The zero-order valence-electron chi connectivity index (χ0n) is 19.8. The lowest BCUT2D eigenvalue weighted by molar-refractivity contribution is 0.0854. The molecule has 2 atom stereocenters. The predicted octanol–water partition coefficient (Wildman–Crippen LogP) is 4.61. The molecule has 0 aliphatic heterocycles. The van der Waals surface area contributed by atoms with Crippen LogP contribution in [0.25, 0.3) is 11.1 Å². The average molecular weight is 482 g/mol. The Kier molecular flexibility index (Phi) is 7.16. The molecule has 3 N–H and O–H groups in total. The number of nitrogens with zero attached hydrogens (tertiary/aromatic N) is 1. The molecular weight excluding hydrogens is 453 g/mol. The van der Waals surface area contributed by atoms with Crippen LogP contribution in [0.3, 0.4) is 0 Å². The Hall–Kier alpha value is -3.87. The fourth-order valence-corrected chi connectivity index (χ4v) is 4.70.